The molecule has 0 radical (unpaired) electrons. The van der Waals surface area contributed by atoms with Crippen LogP contribution in [-0.4, -0.2) is 5.78 Å². The fourth-order valence-electron chi connectivity index (χ4n) is 2.87. The van der Waals surface area contributed by atoms with Crippen LogP contribution in [0.1, 0.15) is 44.4 Å². The summed E-state index contributed by atoms with van der Waals surface area (Å²) < 4.78 is 1.10. The highest BCUT2D eigenvalue weighted by Gasteiger charge is 2.27. The Balaban J connectivity index is 1.84. The molecule has 1 heterocycles. The van der Waals surface area contributed by atoms with Gasteiger partial charge in [-0.3, -0.25) is 4.79 Å². The van der Waals surface area contributed by atoms with Crippen LogP contribution in [0.5, 0.6) is 0 Å². The molecule has 100 valence electrons. The maximum Gasteiger partial charge on any atom is 0.141 e. The van der Waals surface area contributed by atoms with Crippen LogP contribution in [0, 0.1) is 17.8 Å². The number of rotatable bonds is 4. The lowest BCUT2D eigenvalue weighted by molar-refractivity contribution is -0.123. The Morgan fingerprint density at radius 2 is 2.06 bits per heavy atom. The zero-order chi connectivity index (χ0) is 13.1. The van der Waals surface area contributed by atoms with E-state index in [9.17, 15) is 4.79 Å². The molecule has 1 fully saturated rings. The molecule has 2 rings (SSSR count). The lowest BCUT2D eigenvalue weighted by Crippen LogP contribution is -2.25. The minimum Gasteiger partial charge on any atom is -0.299 e. The highest BCUT2D eigenvalue weighted by molar-refractivity contribution is 9.10. The van der Waals surface area contributed by atoms with Gasteiger partial charge in [0.25, 0.3) is 0 Å². The van der Waals surface area contributed by atoms with Gasteiger partial charge < -0.3 is 0 Å². The molecule has 1 aromatic rings. The molecule has 0 spiro atoms. The first-order valence-corrected chi connectivity index (χ1v) is 8.49. The summed E-state index contributed by atoms with van der Waals surface area (Å²) in [7, 11) is 0. The van der Waals surface area contributed by atoms with Crippen LogP contribution in [0.2, 0.25) is 0 Å². The summed E-state index contributed by atoms with van der Waals surface area (Å²) in [6, 6.07) is 2.07. The molecule has 0 aliphatic heterocycles. The number of Topliss-reactive ketones (excluding diaryl/α,β-unsaturated/α-hetero) is 1. The number of carbonyl (C=O) groups excluding carboxylic acids is 1. The van der Waals surface area contributed by atoms with Crippen molar-refractivity contribution in [2.45, 2.75) is 46.0 Å². The van der Waals surface area contributed by atoms with Gasteiger partial charge in [0.15, 0.2) is 0 Å². The third-order valence-corrected chi connectivity index (χ3v) is 5.84. The van der Waals surface area contributed by atoms with Gasteiger partial charge in [-0.25, -0.2) is 0 Å². The van der Waals surface area contributed by atoms with E-state index in [0.29, 0.717) is 18.1 Å². The van der Waals surface area contributed by atoms with Gasteiger partial charge in [0.05, 0.1) is 0 Å². The van der Waals surface area contributed by atoms with Gasteiger partial charge in [0.1, 0.15) is 5.78 Å². The third kappa shape index (κ3) is 3.67. The van der Waals surface area contributed by atoms with E-state index in [2.05, 4.69) is 41.2 Å². The summed E-state index contributed by atoms with van der Waals surface area (Å²) >= 11 is 5.12. The highest BCUT2D eigenvalue weighted by atomic mass is 79.9. The average molecular weight is 329 g/mol. The quantitative estimate of drug-likeness (QED) is 0.752. The first-order chi connectivity index (χ1) is 8.56. The molecule has 1 aliphatic carbocycles. The van der Waals surface area contributed by atoms with Gasteiger partial charge in [0.2, 0.25) is 0 Å². The number of carbonyl (C=O) groups is 1. The van der Waals surface area contributed by atoms with Crippen molar-refractivity contribution in [1.82, 2.24) is 0 Å². The normalized spacial score (nSPS) is 24.4. The van der Waals surface area contributed by atoms with Gasteiger partial charge in [-0.15, -0.1) is 11.3 Å². The Hall–Kier alpha value is -0.150. The van der Waals surface area contributed by atoms with Gasteiger partial charge in [-0.2, -0.15) is 0 Å². The maximum atomic E-state index is 12.2. The Kier molecular flexibility index (Phi) is 5.02. The first kappa shape index (κ1) is 14.3. The molecule has 1 aliphatic rings. The van der Waals surface area contributed by atoms with Crippen molar-refractivity contribution < 1.29 is 4.79 Å². The molecule has 3 heteroatoms. The maximum absolute atomic E-state index is 12.2. The lowest BCUT2D eigenvalue weighted by Gasteiger charge is -2.30. The van der Waals surface area contributed by atoms with E-state index >= 15 is 0 Å². The summed E-state index contributed by atoms with van der Waals surface area (Å²) in [6.45, 7) is 4.60. The number of hydrogen-bond donors (Lipinski definition) is 0. The van der Waals surface area contributed by atoms with E-state index in [1.807, 2.05) is 0 Å². The van der Waals surface area contributed by atoms with Crippen molar-refractivity contribution in [3.63, 3.8) is 0 Å². The van der Waals surface area contributed by atoms with Crippen LogP contribution in [0.25, 0.3) is 0 Å². The smallest absolute Gasteiger partial charge is 0.141 e. The highest BCUT2D eigenvalue weighted by Crippen LogP contribution is 2.34. The number of halogens is 1. The molecule has 1 nitrogen and oxygen atoms in total. The van der Waals surface area contributed by atoms with Crippen LogP contribution in [0.15, 0.2) is 15.9 Å². The van der Waals surface area contributed by atoms with Gasteiger partial charge >= 0.3 is 0 Å². The lowest BCUT2D eigenvalue weighted by atomic mass is 9.75. The standard InChI is InChI=1S/C15H21BrOS/c1-10(2)11-3-5-12(6-4-11)15(17)8-14-7-13(16)9-18-14/h7,9-12H,3-6,8H2,1-2H3. The van der Waals surface area contributed by atoms with Crippen LogP contribution in [0.4, 0.5) is 0 Å². The minimum absolute atomic E-state index is 0.320. The number of ketones is 1. The van der Waals surface area contributed by atoms with E-state index in [1.165, 1.54) is 17.7 Å². The van der Waals surface area contributed by atoms with Crippen LogP contribution in [-0.2, 0) is 11.2 Å². The van der Waals surface area contributed by atoms with E-state index < -0.39 is 0 Å². The second kappa shape index (κ2) is 6.33. The monoisotopic (exact) mass is 328 g/mol. The summed E-state index contributed by atoms with van der Waals surface area (Å²) in [5.74, 6) is 2.38. The van der Waals surface area contributed by atoms with Crippen molar-refractivity contribution >= 4 is 33.0 Å². The summed E-state index contributed by atoms with van der Waals surface area (Å²) in [4.78, 5) is 13.4. The third-order valence-electron chi connectivity index (χ3n) is 4.14. The Bertz CT molecular complexity index is 402. The predicted molar refractivity (Wildman–Crippen MR) is 81.0 cm³/mol. The summed E-state index contributed by atoms with van der Waals surface area (Å²) in [5, 5.41) is 2.05. The largest absolute Gasteiger partial charge is 0.299 e. The van der Waals surface area contributed by atoms with Gasteiger partial charge in [-0.05, 0) is 59.5 Å². The second-order valence-corrected chi connectivity index (χ2v) is 7.64. The molecule has 18 heavy (non-hydrogen) atoms. The SMILES string of the molecule is CC(C)C1CCC(C(=O)Cc2cc(Br)cs2)CC1. The van der Waals surface area contributed by atoms with Crippen molar-refractivity contribution in [2.75, 3.05) is 0 Å². The number of thiophene rings is 1. The minimum atomic E-state index is 0.320. The van der Waals surface area contributed by atoms with Crippen LogP contribution < -0.4 is 0 Å². The number of hydrogen-bond acceptors (Lipinski definition) is 2. The average Bonchev–Trinajstić information content (AvgIpc) is 2.75. The van der Waals surface area contributed by atoms with E-state index in [4.69, 9.17) is 0 Å². The van der Waals surface area contributed by atoms with Crippen molar-refractivity contribution in [3.05, 3.63) is 20.8 Å². The van der Waals surface area contributed by atoms with Crippen molar-refractivity contribution in [2.24, 2.45) is 17.8 Å². The van der Waals surface area contributed by atoms with Crippen LogP contribution in [0.3, 0.4) is 0 Å². The zero-order valence-corrected chi connectivity index (χ0v) is 13.5. The molecular weight excluding hydrogens is 308 g/mol. The van der Waals surface area contributed by atoms with Crippen molar-refractivity contribution in [1.29, 1.82) is 0 Å². The summed E-state index contributed by atoms with van der Waals surface area (Å²) in [6.07, 6.45) is 5.32. The van der Waals surface area contributed by atoms with Gasteiger partial charge in [0, 0.05) is 27.1 Å². The predicted octanol–water partition coefficient (Wildman–Crippen LogP) is 5.08. The Labute approximate surface area is 122 Å². The Morgan fingerprint density at radius 3 is 2.56 bits per heavy atom. The molecule has 0 aromatic carbocycles. The molecule has 0 amide bonds. The molecule has 0 bridgehead atoms. The molecule has 0 N–H and O–H groups in total. The fraction of sp³-hybridized carbons (Fsp3) is 0.667. The molecule has 0 unspecified atom stereocenters. The molecule has 1 saturated carbocycles. The molecule has 0 saturated heterocycles. The first-order valence-electron chi connectivity index (χ1n) is 6.82. The Morgan fingerprint density at radius 1 is 1.39 bits per heavy atom. The van der Waals surface area contributed by atoms with Gasteiger partial charge in [-0.1, -0.05) is 13.8 Å². The molecule has 0 atom stereocenters. The van der Waals surface area contributed by atoms with E-state index in [0.717, 1.165) is 29.2 Å². The van der Waals surface area contributed by atoms with E-state index in [-0.39, 0.29) is 0 Å². The molecular formula is C15H21BrOS. The summed E-state index contributed by atoms with van der Waals surface area (Å²) in [5.41, 5.74) is 0. The van der Waals surface area contributed by atoms with Crippen LogP contribution >= 0.6 is 27.3 Å². The zero-order valence-electron chi connectivity index (χ0n) is 11.1. The molecule has 1 aromatic heterocycles. The van der Waals surface area contributed by atoms with Crippen molar-refractivity contribution in [3.8, 4) is 0 Å². The van der Waals surface area contributed by atoms with E-state index in [1.54, 1.807) is 11.3 Å². The fourth-order valence-corrected chi connectivity index (χ4v) is 4.33. The topological polar surface area (TPSA) is 17.1 Å². The second-order valence-electron chi connectivity index (χ2n) is 5.73.